The van der Waals surface area contributed by atoms with Crippen molar-refractivity contribution in [3.63, 3.8) is 0 Å². The van der Waals surface area contributed by atoms with Gasteiger partial charge in [0.15, 0.2) is 0 Å². The van der Waals surface area contributed by atoms with E-state index in [4.69, 9.17) is 0 Å². The van der Waals surface area contributed by atoms with E-state index in [2.05, 4.69) is 44.2 Å². The van der Waals surface area contributed by atoms with Crippen molar-refractivity contribution in [2.45, 2.75) is 0 Å². The highest BCUT2D eigenvalue weighted by molar-refractivity contribution is 5.81. The molecule has 0 N–H and O–H groups in total. The Balaban J connectivity index is 0.000000109. The summed E-state index contributed by atoms with van der Waals surface area (Å²) in [6.45, 7) is 0. The van der Waals surface area contributed by atoms with Crippen LogP contribution in [0.2, 0.25) is 0 Å². The lowest BCUT2D eigenvalue weighted by atomic mass is 10.2. The zero-order valence-electron chi connectivity index (χ0n) is 16.3. The quantitative estimate of drug-likeness (QED) is 0.315. The van der Waals surface area contributed by atoms with E-state index in [0.717, 1.165) is 16.4 Å². The minimum Gasteiger partial charge on any atom is -0.264 e. The summed E-state index contributed by atoms with van der Waals surface area (Å²) in [5.41, 5.74) is 2.06. The molecule has 0 aliphatic rings. The first-order valence-electron chi connectivity index (χ1n) is 9.63. The molecule has 0 aliphatic carbocycles. The van der Waals surface area contributed by atoms with Crippen LogP contribution in [-0.2, 0) is 0 Å². The highest BCUT2D eigenvalue weighted by atomic mass is 14.7. The average Bonchev–Trinajstić information content (AvgIpc) is 2.85. The smallest absolute Gasteiger partial charge is 0.0732 e. The first kappa shape index (κ1) is 19.2. The third kappa shape index (κ3) is 5.00. The monoisotopic (exact) mass is 388 g/mol. The van der Waals surface area contributed by atoms with Crippen molar-refractivity contribution in [3.05, 3.63) is 122 Å². The Morgan fingerprint density at radius 3 is 1.60 bits per heavy atom. The molecule has 0 bridgehead atoms. The number of aromatic nitrogens is 4. The zero-order chi connectivity index (χ0) is 20.4. The maximum absolute atomic E-state index is 4.18. The number of rotatable bonds is 0. The molecule has 0 spiro atoms. The highest BCUT2D eigenvalue weighted by Gasteiger charge is 1.88. The predicted octanol–water partition coefficient (Wildman–Crippen LogP) is 6.10. The van der Waals surface area contributed by atoms with Crippen molar-refractivity contribution >= 4 is 32.6 Å². The molecule has 30 heavy (non-hydrogen) atoms. The van der Waals surface area contributed by atoms with Gasteiger partial charge < -0.3 is 0 Å². The fourth-order valence-corrected chi connectivity index (χ4v) is 2.96. The summed E-state index contributed by atoms with van der Waals surface area (Å²) >= 11 is 0. The lowest BCUT2D eigenvalue weighted by Crippen LogP contribution is -1.76. The second-order valence-corrected chi connectivity index (χ2v) is 6.49. The summed E-state index contributed by atoms with van der Waals surface area (Å²) in [7, 11) is 0. The van der Waals surface area contributed by atoms with Crippen LogP contribution in [0.1, 0.15) is 0 Å². The largest absolute Gasteiger partial charge is 0.264 e. The minimum atomic E-state index is 0.998. The van der Waals surface area contributed by atoms with E-state index in [1.54, 1.807) is 12.4 Å². The Bertz CT molecular complexity index is 999. The van der Waals surface area contributed by atoms with Gasteiger partial charge in [0.25, 0.3) is 0 Å². The zero-order valence-corrected chi connectivity index (χ0v) is 16.3. The van der Waals surface area contributed by atoms with Crippen LogP contribution < -0.4 is 0 Å². The Morgan fingerprint density at radius 2 is 0.900 bits per heavy atom. The van der Waals surface area contributed by atoms with Gasteiger partial charge in [0.2, 0.25) is 0 Å². The van der Waals surface area contributed by atoms with Crippen LogP contribution in [-0.4, -0.2) is 19.9 Å². The number of hydrogen-bond donors (Lipinski definition) is 0. The Labute approximate surface area is 174 Å². The maximum atomic E-state index is 4.18. The standard InChI is InChI=1S/2C9H7N.C8H6N2/c1-2-6-9-8(4-1)5-3-7-10-9;1-2-4-9-7-10-6-5-8(9)3-1;1-2-7-6-9-5-3-8(7)10-4-1/h2*1-7H;1-6H. The van der Waals surface area contributed by atoms with Crippen molar-refractivity contribution in [1.82, 2.24) is 19.9 Å². The summed E-state index contributed by atoms with van der Waals surface area (Å²) < 4.78 is 0. The van der Waals surface area contributed by atoms with Crippen molar-refractivity contribution in [2.24, 2.45) is 0 Å². The van der Waals surface area contributed by atoms with Crippen molar-refractivity contribution in [3.8, 4) is 0 Å². The normalized spacial score (nSPS) is 10.0. The first-order valence-corrected chi connectivity index (χ1v) is 9.63. The van der Waals surface area contributed by atoms with Gasteiger partial charge in [-0.25, -0.2) is 0 Å². The molecule has 0 atom stereocenters. The summed E-state index contributed by atoms with van der Waals surface area (Å²) in [4.78, 5) is 16.3. The molecule has 4 nitrogen and oxygen atoms in total. The second-order valence-electron chi connectivity index (χ2n) is 6.49. The van der Waals surface area contributed by atoms with Crippen LogP contribution in [0.15, 0.2) is 122 Å². The third-order valence-electron chi connectivity index (χ3n) is 4.47. The van der Waals surface area contributed by atoms with Crippen molar-refractivity contribution in [1.29, 1.82) is 0 Å². The van der Waals surface area contributed by atoms with Crippen molar-refractivity contribution in [2.75, 3.05) is 0 Å². The molecule has 0 fully saturated rings. The Kier molecular flexibility index (Phi) is 6.28. The topological polar surface area (TPSA) is 51.6 Å². The van der Waals surface area contributed by atoms with E-state index in [-0.39, 0.29) is 0 Å². The first-order chi connectivity index (χ1) is 14.9. The van der Waals surface area contributed by atoms with Gasteiger partial charge in [0.1, 0.15) is 0 Å². The molecule has 144 valence electrons. The van der Waals surface area contributed by atoms with Gasteiger partial charge in [-0.3, -0.25) is 19.9 Å². The molecule has 4 heteroatoms. The SMILES string of the molecule is c1ccc2cnccc2c1.c1ccc2ncccc2c1.c1cnc2ccncc2c1. The Morgan fingerprint density at radius 1 is 0.367 bits per heavy atom. The number of para-hydroxylation sites is 1. The van der Waals surface area contributed by atoms with Crippen LogP contribution in [0.5, 0.6) is 0 Å². The number of hydrogen-bond acceptors (Lipinski definition) is 4. The molecule has 0 radical (unpaired) electrons. The predicted molar refractivity (Wildman–Crippen MR) is 123 cm³/mol. The van der Waals surface area contributed by atoms with Crippen LogP contribution in [0, 0.1) is 0 Å². The molecule has 6 aromatic rings. The fourth-order valence-electron chi connectivity index (χ4n) is 2.96. The van der Waals surface area contributed by atoms with E-state index in [1.807, 2.05) is 85.5 Å². The maximum Gasteiger partial charge on any atom is 0.0732 e. The molecule has 0 unspecified atom stereocenters. The number of fused-ring (bicyclic) bond motifs is 3. The van der Waals surface area contributed by atoms with Gasteiger partial charge in [-0.05, 0) is 47.2 Å². The summed E-state index contributed by atoms with van der Waals surface area (Å²) in [5.74, 6) is 0. The van der Waals surface area contributed by atoms with Gasteiger partial charge in [-0.2, -0.15) is 0 Å². The minimum absolute atomic E-state index is 0.998. The number of pyridine rings is 4. The third-order valence-corrected chi connectivity index (χ3v) is 4.47. The second kappa shape index (κ2) is 9.85. The van der Waals surface area contributed by atoms with E-state index in [9.17, 15) is 0 Å². The van der Waals surface area contributed by atoms with Gasteiger partial charge in [-0.1, -0.05) is 48.5 Å². The molecule has 0 saturated heterocycles. The van der Waals surface area contributed by atoms with Gasteiger partial charge in [0.05, 0.1) is 11.0 Å². The highest BCUT2D eigenvalue weighted by Crippen LogP contribution is 2.10. The van der Waals surface area contributed by atoms with Crippen molar-refractivity contribution < 1.29 is 0 Å². The molecule has 4 heterocycles. The van der Waals surface area contributed by atoms with E-state index >= 15 is 0 Å². The number of benzene rings is 2. The average molecular weight is 388 g/mol. The Hall–Kier alpha value is -4.18. The molecule has 0 saturated carbocycles. The lowest BCUT2D eigenvalue weighted by Gasteiger charge is -1.91. The molecule has 4 aromatic heterocycles. The molecular weight excluding hydrogens is 368 g/mol. The van der Waals surface area contributed by atoms with Crippen LogP contribution in [0.4, 0.5) is 0 Å². The molecule has 0 aliphatic heterocycles. The molecule has 6 rings (SSSR count). The van der Waals surface area contributed by atoms with Gasteiger partial charge in [0, 0.05) is 48.0 Å². The lowest BCUT2D eigenvalue weighted by molar-refractivity contribution is 1.32. The van der Waals surface area contributed by atoms with Crippen LogP contribution in [0.25, 0.3) is 32.6 Å². The fraction of sp³-hybridized carbons (Fsp3) is 0. The summed E-state index contributed by atoms with van der Waals surface area (Å²) in [6, 6.07) is 28.1. The van der Waals surface area contributed by atoms with E-state index in [1.165, 1.54) is 16.2 Å². The van der Waals surface area contributed by atoms with Crippen LogP contribution >= 0.6 is 0 Å². The molecule has 0 amide bonds. The van der Waals surface area contributed by atoms with Crippen LogP contribution in [0.3, 0.4) is 0 Å². The van der Waals surface area contributed by atoms with Gasteiger partial charge >= 0.3 is 0 Å². The van der Waals surface area contributed by atoms with Gasteiger partial charge in [-0.15, -0.1) is 0 Å². The van der Waals surface area contributed by atoms with E-state index < -0.39 is 0 Å². The van der Waals surface area contributed by atoms with E-state index in [0.29, 0.717) is 0 Å². The molecular formula is C26H20N4. The molecule has 2 aromatic carbocycles. The summed E-state index contributed by atoms with van der Waals surface area (Å²) in [5, 5.41) is 4.73. The number of nitrogens with zero attached hydrogens (tertiary/aromatic N) is 4. The summed E-state index contributed by atoms with van der Waals surface area (Å²) in [6.07, 6.45) is 10.8.